The van der Waals surface area contributed by atoms with Gasteiger partial charge in [-0.25, -0.2) is 0 Å². The molecule has 0 saturated carbocycles. The summed E-state index contributed by atoms with van der Waals surface area (Å²) in [5, 5.41) is 2.97. The number of carbonyl (C=O) groups is 1. The second-order valence-electron chi connectivity index (χ2n) is 7.75. The zero-order valence-electron chi connectivity index (χ0n) is 15.1. The fourth-order valence-electron chi connectivity index (χ4n) is 2.10. The molecule has 0 aliphatic carbocycles. The normalized spacial score (nSPS) is 12.0. The highest BCUT2D eigenvalue weighted by atomic mass is 16.5. The molecule has 4 nitrogen and oxygen atoms in total. The second-order valence-corrected chi connectivity index (χ2v) is 7.75. The van der Waals surface area contributed by atoms with E-state index in [1.165, 1.54) is 0 Å². The van der Waals surface area contributed by atoms with Gasteiger partial charge in [0, 0.05) is 18.2 Å². The Labute approximate surface area is 134 Å². The van der Waals surface area contributed by atoms with Gasteiger partial charge in [-0.2, -0.15) is 0 Å². The maximum Gasteiger partial charge on any atom is 0.255 e. The molecule has 0 spiro atoms. The van der Waals surface area contributed by atoms with Gasteiger partial charge in [0.2, 0.25) is 0 Å². The zero-order chi connectivity index (χ0) is 17.1. The van der Waals surface area contributed by atoms with E-state index in [-0.39, 0.29) is 16.7 Å². The first-order valence-corrected chi connectivity index (χ1v) is 7.54. The van der Waals surface area contributed by atoms with Crippen molar-refractivity contribution in [2.45, 2.75) is 47.0 Å². The summed E-state index contributed by atoms with van der Waals surface area (Å²) in [4.78, 5) is 12.5. The number of hydrogen-bond donors (Lipinski definition) is 1. The van der Waals surface area contributed by atoms with Crippen molar-refractivity contribution in [3.63, 3.8) is 0 Å². The fraction of sp³-hybridized carbons (Fsp3) is 0.611. The minimum atomic E-state index is -0.128. The predicted molar refractivity (Wildman–Crippen MR) is 90.0 cm³/mol. The van der Waals surface area contributed by atoms with Gasteiger partial charge in [-0.15, -0.1) is 0 Å². The van der Waals surface area contributed by atoms with Crippen LogP contribution in [0.3, 0.4) is 0 Å². The molecule has 22 heavy (non-hydrogen) atoms. The Balaban J connectivity index is 3.25. The van der Waals surface area contributed by atoms with Gasteiger partial charge in [-0.1, -0.05) is 41.5 Å². The van der Waals surface area contributed by atoms with Crippen molar-refractivity contribution >= 4 is 5.91 Å². The summed E-state index contributed by atoms with van der Waals surface area (Å²) >= 11 is 0. The molecule has 0 aromatic heterocycles. The lowest BCUT2D eigenvalue weighted by Gasteiger charge is -2.24. The molecule has 1 amide bonds. The third-order valence-corrected chi connectivity index (χ3v) is 3.35. The summed E-state index contributed by atoms with van der Waals surface area (Å²) in [6, 6.07) is 3.66. The standard InChI is InChI=1S/C18H29NO3/c1-17(2,3)11-19-16(20)12-9-13(18(4,5)6)15(22-8)10-14(12)21-7/h9-10H,11H2,1-8H3,(H,19,20). The van der Waals surface area contributed by atoms with Gasteiger partial charge in [-0.3, -0.25) is 4.79 Å². The highest BCUT2D eigenvalue weighted by molar-refractivity contribution is 5.97. The molecule has 0 atom stereocenters. The Bertz CT molecular complexity index is 536. The van der Waals surface area contributed by atoms with E-state index < -0.39 is 0 Å². The molecular weight excluding hydrogens is 278 g/mol. The van der Waals surface area contributed by atoms with E-state index in [9.17, 15) is 4.79 Å². The van der Waals surface area contributed by atoms with Crippen LogP contribution in [0.5, 0.6) is 11.5 Å². The highest BCUT2D eigenvalue weighted by Gasteiger charge is 2.24. The number of rotatable bonds is 4. The van der Waals surface area contributed by atoms with Gasteiger partial charge >= 0.3 is 0 Å². The van der Waals surface area contributed by atoms with Crippen LogP contribution in [-0.4, -0.2) is 26.7 Å². The van der Waals surface area contributed by atoms with E-state index in [0.29, 0.717) is 17.9 Å². The van der Waals surface area contributed by atoms with Crippen molar-refractivity contribution < 1.29 is 14.3 Å². The average molecular weight is 307 g/mol. The summed E-state index contributed by atoms with van der Waals surface area (Å²) in [5.74, 6) is 1.13. The lowest BCUT2D eigenvalue weighted by Crippen LogP contribution is -2.32. The number of hydrogen-bond acceptors (Lipinski definition) is 3. The molecule has 1 aromatic rings. The van der Waals surface area contributed by atoms with Gasteiger partial charge in [0.05, 0.1) is 19.8 Å². The van der Waals surface area contributed by atoms with Crippen LogP contribution in [0, 0.1) is 5.41 Å². The van der Waals surface area contributed by atoms with E-state index in [0.717, 1.165) is 11.3 Å². The van der Waals surface area contributed by atoms with Crippen LogP contribution in [0.25, 0.3) is 0 Å². The molecular formula is C18H29NO3. The number of methoxy groups -OCH3 is 2. The van der Waals surface area contributed by atoms with Gasteiger partial charge in [0.1, 0.15) is 11.5 Å². The van der Waals surface area contributed by atoms with E-state index >= 15 is 0 Å². The van der Waals surface area contributed by atoms with Crippen LogP contribution in [0.2, 0.25) is 0 Å². The lowest BCUT2D eigenvalue weighted by atomic mass is 9.85. The number of amides is 1. The van der Waals surface area contributed by atoms with Gasteiger partial charge in [0.15, 0.2) is 0 Å². The Hall–Kier alpha value is -1.71. The average Bonchev–Trinajstić information content (AvgIpc) is 2.41. The van der Waals surface area contributed by atoms with E-state index in [4.69, 9.17) is 9.47 Å². The SMILES string of the molecule is COc1cc(OC)c(C(C)(C)C)cc1C(=O)NCC(C)(C)C. The van der Waals surface area contributed by atoms with E-state index in [1.807, 2.05) is 6.07 Å². The largest absolute Gasteiger partial charge is 0.496 e. The smallest absolute Gasteiger partial charge is 0.255 e. The van der Waals surface area contributed by atoms with Crippen LogP contribution in [0.15, 0.2) is 12.1 Å². The molecule has 0 fully saturated rings. The molecule has 0 radical (unpaired) electrons. The minimum absolute atomic E-state index is 0.0300. The monoisotopic (exact) mass is 307 g/mol. The van der Waals surface area contributed by atoms with Crippen LogP contribution < -0.4 is 14.8 Å². The number of carbonyl (C=O) groups excluding carboxylic acids is 1. The second kappa shape index (κ2) is 6.59. The van der Waals surface area contributed by atoms with Crippen LogP contribution >= 0.6 is 0 Å². The maximum absolute atomic E-state index is 12.5. The third kappa shape index (κ3) is 4.65. The number of ether oxygens (including phenoxy) is 2. The zero-order valence-corrected chi connectivity index (χ0v) is 15.1. The molecule has 1 N–H and O–H groups in total. The fourth-order valence-corrected chi connectivity index (χ4v) is 2.10. The van der Waals surface area contributed by atoms with Gasteiger partial charge in [-0.05, 0) is 16.9 Å². The minimum Gasteiger partial charge on any atom is -0.496 e. The van der Waals surface area contributed by atoms with Crippen LogP contribution in [-0.2, 0) is 5.41 Å². The van der Waals surface area contributed by atoms with Crippen molar-refractivity contribution in [1.29, 1.82) is 0 Å². The van der Waals surface area contributed by atoms with Crippen molar-refractivity contribution in [3.05, 3.63) is 23.3 Å². The Morgan fingerprint density at radius 1 is 1.00 bits per heavy atom. The van der Waals surface area contributed by atoms with Gasteiger partial charge in [0.25, 0.3) is 5.91 Å². The quantitative estimate of drug-likeness (QED) is 0.921. The molecule has 4 heteroatoms. The number of benzene rings is 1. The third-order valence-electron chi connectivity index (χ3n) is 3.35. The number of nitrogens with one attached hydrogen (secondary N) is 1. The highest BCUT2D eigenvalue weighted by Crippen LogP contribution is 2.36. The van der Waals surface area contributed by atoms with Crippen molar-refractivity contribution in [2.24, 2.45) is 5.41 Å². The Kier molecular flexibility index (Phi) is 5.49. The Morgan fingerprint density at radius 3 is 1.95 bits per heavy atom. The first-order valence-electron chi connectivity index (χ1n) is 7.54. The summed E-state index contributed by atoms with van der Waals surface area (Å²) in [6.07, 6.45) is 0. The summed E-state index contributed by atoms with van der Waals surface area (Å²) < 4.78 is 10.8. The molecule has 0 aliphatic rings. The van der Waals surface area contributed by atoms with E-state index in [2.05, 4.69) is 46.9 Å². The first-order chi connectivity index (χ1) is 9.99. The molecule has 124 valence electrons. The topological polar surface area (TPSA) is 47.6 Å². The summed E-state index contributed by atoms with van der Waals surface area (Å²) in [7, 11) is 3.19. The van der Waals surface area contributed by atoms with E-state index in [1.54, 1.807) is 20.3 Å². The molecule has 1 aromatic carbocycles. The van der Waals surface area contributed by atoms with Crippen LogP contribution in [0.4, 0.5) is 0 Å². The summed E-state index contributed by atoms with van der Waals surface area (Å²) in [6.45, 7) is 13.1. The summed E-state index contributed by atoms with van der Waals surface area (Å²) in [5.41, 5.74) is 1.42. The molecule has 0 heterocycles. The lowest BCUT2D eigenvalue weighted by molar-refractivity contribution is 0.0936. The first kappa shape index (κ1) is 18.3. The van der Waals surface area contributed by atoms with Gasteiger partial charge < -0.3 is 14.8 Å². The maximum atomic E-state index is 12.5. The molecule has 0 saturated heterocycles. The Morgan fingerprint density at radius 2 is 1.55 bits per heavy atom. The predicted octanol–water partition coefficient (Wildman–Crippen LogP) is 3.78. The molecule has 0 bridgehead atoms. The van der Waals surface area contributed by atoms with Crippen molar-refractivity contribution in [2.75, 3.05) is 20.8 Å². The van der Waals surface area contributed by atoms with Crippen molar-refractivity contribution in [1.82, 2.24) is 5.32 Å². The molecule has 0 unspecified atom stereocenters. The molecule has 0 aliphatic heterocycles. The molecule has 1 rings (SSSR count). The van der Waals surface area contributed by atoms with Crippen molar-refractivity contribution in [3.8, 4) is 11.5 Å². The van der Waals surface area contributed by atoms with Crippen LogP contribution in [0.1, 0.15) is 57.5 Å².